The van der Waals surface area contributed by atoms with Crippen LogP contribution in [0.15, 0.2) is 24.3 Å². The zero-order valence-corrected chi connectivity index (χ0v) is 9.54. The maximum absolute atomic E-state index is 3.26. The Hall–Kier alpha value is -1.02. The standard InChI is InChI=1S/C12H20N2/c1-10(13-2)9-11-7-5-6-8-12(11)14(3)4/h5-8,10,13H,9H2,1-4H3. The third-order valence-electron chi connectivity index (χ3n) is 2.49. The lowest BCUT2D eigenvalue weighted by Crippen LogP contribution is -2.24. The van der Waals surface area contributed by atoms with Crippen molar-refractivity contribution in [2.75, 3.05) is 26.0 Å². The third-order valence-corrected chi connectivity index (χ3v) is 2.49. The summed E-state index contributed by atoms with van der Waals surface area (Å²) in [6.45, 7) is 2.20. The van der Waals surface area contributed by atoms with Crippen LogP contribution in [0.2, 0.25) is 0 Å². The zero-order valence-electron chi connectivity index (χ0n) is 9.54. The molecule has 1 rings (SSSR count). The Kier molecular flexibility index (Phi) is 3.96. The Bertz CT molecular complexity index is 281. The van der Waals surface area contributed by atoms with Crippen LogP contribution in [0.3, 0.4) is 0 Å². The molecule has 0 aliphatic carbocycles. The maximum Gasteiger partial charge on any atom is 0.0394 e. The van der Waals surface area contributed by atoms with Crippen LogP contribution in [-0.2, 0) is 6.42 Å². The fourth-order valence-electron chi connectivity index (χ4n) is 1.55. The van der Waals surface area contributed by atoms with Crippen molar-refractivity contribution >= 4 is 5.69 Å². The van der Waals surface area contributed by atoms with E-state index in [0.29, 0.717) is 6.04 Å². The molecular weight excluding hydrogens is 172 g/mol. The Morgan fingerprint density at radius 2 is 1.93 bits per heavy atom. The number of benzene rings is 1. The van der Waals surface area contributed by atoms with E-state index < -0.39 is 0 Å². The lowest BCUT2D eigenvalue weighted by Gasteiger charge is -2.19. The number of rotatable bonds is 4. The van der Waals surface area contributed by atoms with Crippen LogP contribution in [0.1, 0.15) is 12.5 Å². The SMILES string of the molecule is CNC(C)Cc1ccccc1N(C)C. The first kappa shape index (κ1) is 11.1. The number of hydrogen-bond donors (Lipinski definition) is 1. The first-order valence-corrected chi connectivity index (χ1v) is 5.07. The molecule has 0 spiro atoms. The summed E-state index contributed by atoms with van der Waals surface area (Å²) in [7, 11) is 6.18. The van der Waals surface area contributed by atoms with Crippen molar-refractivity contribution in [3.05, 3.63) is 29.8 Å². The predicted octanol–water partition coefficient (Wildman–Crippen LogP) is 1.90. The minimum absolute atomic E-state index is 0.524. The molecule has 0 saturated carbocycles. The summed E-state index contributed by atoms with van der Waals surface area (Å²) in [5, 5.41) is 3.26. The Labute approximate surface area is 86.9 Å². The average molecular weight is 192 g/mol. The lowest BCUT2D eigenvalue weighted by molar-refractivity contribution is 0.608. The highest BCUT2D eigenvalue weighted by Crippen LogP contribution is 2.19. The fraction of sp³-hybridized carbons (Fsp3) is 0.500. The number of para-hydroxylation sites is 1. The Morgan fingerprint density at radius 1 is 1.29 bits per heavy atom. The molecule has 1 unspecified atom stereocenters. The van der Waals surface area contributed by atoms with Crippen molar-refractivity contribution in [1.82, 2.24) is 5.32 Å². The number of anilines is 1. The molecule has 1 N–H and O–H groups in total. The molecule has 14 heavy (non-hydrogen) atoms. The maximum atomic E-state index is 3.26. The quantitative estimate of drug-likeness (QED) is 0.784. The van der Waals surface area contributed by atoms with Gasteiger partial charge in [0.05, 0.1) is 0 Å². The largest absolute Gasteiger partial charge is 0.377 e. The molecule has 78 valence electrons. The van der Waals surface area contributed by atoms with Gasteiger partial charge in [0.25, 0.3) is 0 Å². The first-order chi connectivity index (χ1) is 6.65. The molecule has 0 aliphatic heterocycles. The topological polar surface area (TPSA) is 15.3 Å². The van der Waals surface area contributed by atoms with Gasteiger partial charge in [-0.1, -0.05) is 18.2 Å². The van der Waals surface area contributed by atoms with Crippen LogP contribution in [0.25, 0.3) is 0 Å². The highest BCUT2D eigenvalue weighted by atomic mass is 15.1. The van der Waals surface area contributed by atoms with E-state index >= 15 is 0 Å². The molecule has 0 aromatic heterocycles. The molecule has 1 aromatic carbocycles. The number of hydrogen-bond acceptors (Lipinski definition) is 2. The van der Waals surface area contributed by atoms with E-state index in [2.05, 4.69) is 55.5 Å². The van der Waals surface area contributed by atoms with Gasteiger partial charge in [-0.25, -0.2) is 0 Å². The summed E-state index contributed by atoms with van der Waals surface area (Å²) in [6, 6.07) is 9.07. The van der Waals surface area contributed by atoms with Gasteiger partial charge in [-0.2, -0.15) is 0 Å². The predicted molar refractivity (Wildman–Crippen MR) is 63.0 cm³/mol. The number of nitrogens with zero attached hydrogens (tertiary/aromatic N) is 1. The van der Waals surface area contributed by atoms with Crippen LogP contribution in [0.4, 0.5) is 5.69 Å². The van der Waals surface area contributed by atoms with E-state index in [0.717, 1.165) is 6.42 Å². The van der Waals surface area contributed by atoms with Crippen LogP contribution in [0.5, 0.6) is 0 Å². The van der Waals surface area contributed by atoms with Crippen molar-refractivity contribution in [2.24, 2.45) is 0 Å². The van der Waals surface area contributed by atoms with Crippen LogP contribution < -0.4 is 10.2 Å². The highest BCUT2D eigenvalue weighted by Gasteiger charge is 2.06. The van der Waals surface area contributed by atoms with E-state index in [1.807, 2.05) is 7.05 Å². The second kappa shape index (κ2) is 5.01. The lowest BCUT2D eigenvalue weighted by atomic mass is 10.0. The molecule has 0 heterocycles. The second-order valence-electron chi connectivity index (χ2n) is 3.92. The Morgan fingerprint density at radius 3 is 2.50 bits per heavy atom. The van der Waals surface area contributed by atoms with Crippen molar-refractivity contribution in [3.63, 3.8) is 0 Å². The van der Waals surface area contributed by atoms with Crippen LogP contribution in [0, 0.1) is 0 Å². The summed E-state index contributed by atoms with van der Waals surface area (Å²) in [5.74, 6) is 0. The number of likely N-dealkylation sites (N-methyl/N-ethyl adjacent to an activating group) is 1. The van der Waals surface area contributed by atoms with Gasteiger partial charge in [-0.3, -0.25) is 0 Å². The minimum atomic E-state index is 0.524. The molecule has 0 aliphatic rings. The first-order valence-electron chi connectivity index (χ1n) is 5.07. The highest BCUT2D eigenvalue weighted by molar-refractivity contribution is 5.52. The third kappa shape index (κ3) is 2.74. The van der Waals surface area contributed by atoms with E-state index in [-0.39, 0.29) is 0 Å². The molecule has 0 bridgehead atoms. The molecule has 2 nitrogen and oxygen atoms in total. The molecule has 0 radical (unpaired) electrons. The Balaban J connectivity index is 2.84. The van der Waals surface area contributed by atoms with E-state index in [1.165, 1.54) is 11.3 Å². The number of nitrogens with one attached hydrogen (secondary N) is 1. The average Bonchev–Trinajstić information content (AvgIpc) is 2.18. The van der Waals surface area contributed by atoms with Crippen molar-refractivity contribution in [3.8, 4) is 0 Å². The zero-order chi connectivity index (χ0) is 10.6. The molecule has 2 heteroatoms. The van der Waals surface area contributed by atoms with E-state index in [9.17, 15) is 0 Å². The molecule has 0 amide bonds. The van der Waals surface area contributed by atoms with Gasteiger partial charge in [-0.15, -0.1) is 0 Å². The summed E-state index contributed by atoms with van der Waals surface area (Å²) in [5.41, 5.74) is 2.72. The summed E-state index contributed by atoms with van der Waals surface area (Å²) < 4.78 is 0. The van der Waals surface area contributed by atoms with Crippen LogP contribution >= 0.6 is 0 Å². The van der Waals surface area contributed by atoms with Crippen molar-refractivity contribution in [1.29, 1.82) is 0 Å². The van der Waals surface area contributed by atoms with Gasteiger partial charge in [0.2, 0.25) is 0 Å². The fourth-order valence-corrected chi connectivity index (χ4v) is 1.55. The molecule has 0 saturated heterocycles. The summed E-state index contributed by atoms with van der Waals surface area (Å²) >= 11 is 0. The van der Waals surface area contributed by atoms with Gasteiger partial charge in [0, 0.05) is 25.8 Å². The van der Waals surface area contributed by atoms with Gasteiger partial charge in [0.15, 0.2) is 0 Å². The molecular formula is C12H20N2. The molecule has 0 fully saturated rings. The normalized spacial score (nSPS) is 12.6. The minimum Gasteiger partial charge on any atom is -0.377 e. The van der Waals surface area contributed by atoms with Gasteiger partial charge in [0.1, 0.15) is 0 Å². The van der Waals surface area contributed by atoms with Gasteiger partial charge < -0.3 is 10.2 Å². The van der Waals surface area contributed by atoms with E-state index in [4.69, 9.17) is 0 Å². The molecule has 1 aromatic rings. The summed E-state index contributed by atoms with van der Waals surface area (Å²) in [4.78, 5) is 2.16. The summed E-state index contributed by atoms with van der Waals surface area (Å²) in [6.07, 6.45) is 1.07. The van der Waals surface area contributed by atoms with Crippen molar-refractivity contribution < 1.29 is 0 Å². The van der Waals surface area contributed by atoms with Crippen LogP contribution in [-0.4, -0.2) is 27.2 Å². The van der Waals surface area contributed by atoms with E-state index in [1.54, 1.807) is 0 Å². The van der Waals surface area contributed by atoms with Gasteiger partial charge >= 0.3 is 0 Å². The molecule has 1 atom stereocenters. The second-order valence-corrected chi connectivity index (χ2v) is 3.92. The van der Waals surface area contributed by atoms with Crippen molar-refractivity contribution in [2.45, 2.75) is 19.4 Å². The van der Waals surface area contributed by atoms with Gasteiger partial charge in [-0.05, 0) is 32.0 Å². The smallest absolute Gasteiger partial charge is 0.0394 e. The monoisotopic (exact) mass is 192 g/mol.